The fraction of sp³-hybridized carbons (Fsp3) is 0.333. The molecule has 0 spiro atoms. The maximum absolute atomic E-state index is 12.7. The van der Waals surface area contributed by atoms with E-state index >= 15 is 0 Å². The van der Waals surface area contributed by atoms with Crippen LogP contribution in [0.1, 0.15) is 47.9 Å². The predicted octanol–water partition coefficient (Wildman–Crippen LogP) is 4.62. The summed E-state index contributed by atoms with van der Waals surface area (Å²) in [5, 5.41) is 8.02. The first kappa shape index (κ1) is 20.1. The number of thiazole rings is 1. The first-order valence-electron chi connectivity index (χ1n) is 9.80. The minimum atomic E-state index is -0.961. The molecule has 0 radical (unpaired) electrons. The molecule has 1 unspecified atom stereocenters. The molecule has 1 saturated carbocycles. The molecule has 30 heavy (non-hydrogen) atoms. The van der Waals surface area contributed by atoms with Gasteiger partial charge in [0.1, 0.15) is 5.01 Å². The van der Waals surface area contributed by atoms with Gasteiger partial charge in [-0.3, -0.25) is 4.84 Å². The Labute approximate surface area is 177 Å². The molecular weight excluding hydrogens is 402 g/mol. The summed E-state index contributed by atoms with van der Waals surface area (Å²) in [6.07, 6.45) is 6.16. The molecule has 0 amide bonds. The molecule has 0 aliphatic heterocycles. The number of aryl methyl sites for hydroxylation is 1. The van der Waals surface area contributed by atoms with Gasteiger partial charge in [0.05, 0.1) is 11.4 Å². The van der Waals surface area contributed by atoms with Crippen molar-refractivity contribution >= 4 is 23.3 Å². The van der Waals surface area contributed by atoms with Crippen molar-refractivity contribution in [3.05, 3.63) is 63.1 Å². The smallest absolute Gasteiger partial charge is 0.351 e. The van der Waals surface area contributed by atoms with Gasteiger partial charge in [-0.15, -0.1) is 16.2 Å². The van der Waals surface area contributed by atoms with E-state index in [4.69, 9.17) is 0 Å². The van der Waals surface area contributed by atoms with E-state index in [-0.39, 0.29) is 0 Å². The standard InChI is InChI=1S/C21H21N5O3S/c1-13-11-22-21(23-15-9-5-6-10-15)25-18(13)17(20(27)29-26-28)19-24-16(12-30-19)14-7-3-2-4-8-14/h2-4,7-8,11-12,15,17H,5-6,9-10H2,1H3,(H,22,23,25). The molecule has 8 nitrogen and oxygen atoms in total. The van der Waals surface area contributed by atoms with E-state index in [1.165, 1.54) is 24.2 Å². The SMILES string of the molecule is Cc1cnc(NC2CCCC2)nc1C(C(=O)ON=O)c1nc(-c2ccccc2)cs1. The molecule has 2 aromatic heterocycles. The number of carbonyl (C=O) groups excluding carboxylic acids is 1. The molecule has 1 atom stereocenters. The monoisotopic (exact) mass is 423 g/mol. The molecular formula is C21H21N5O3S. The zero-order valence-electron chi connectivity index (χ0n) is 16.4. The van der Waals surface area contributed by atoms with E-state index in [1.807, 2.05) is 42.6 Å². The average molecular weight is 423 g/mol. The van der Waals surface area contributed by atoms with Crippen molar-refractivity contribution in [1.29, 1.82) is 0 Å². The van der Waals surface area contributed by atoms with E-state index in [0.29, 0.717) is 28.3 Å². The van der Waals surface area contributed by atoms with Crippen molar-refractivity contribution in [3.8, 4) is 11.3 Å². The number of hydrogen-bond donors (Lipinski definition) is 1. The van der Waals surface area contributed by atoms with Crippen LogP contribution in [-0.2, 0) is 9.63 Å². The highest BCUT2D eigenvalue weighted by Crippen LogP contribution is 2.33. The molecule has 1 aromatic carbocycles. The van der Waals surface area contributed by atoms with Gasteiger partial charge in [-0.05, 0) is 25.3 Å². The van der Waals surface area contributed by atoms with Crippen LogP contribution in [0.25, 0.3) is 11.3 Å². The van der Waals surface area contributed by atoms with Gasteiger partial charge in [-0.1, -0.05) is 43.2 Å². The second-order valence-electron chi connectivity index (χ2n) is 7.24. The average Bonchev–Trinajstić information content (AvgIpc) is 3.44. The summed E-state index contributed by atoms with van der Waals surface area (Å²) in [5.74, 6) is -1.32. The summed E-state index contributed by atoms with van der Waals surface area (Å²) in [7, 11) is 0. The highest BCUT2D eigenvalue weighted by Gasteiger charge is 2.32. The Kier molecular flexibility index (Phi) is 6.08. The van der Waals surface area contributed by atoms with Crippen LogP contribution in [0.4, 0.5) is 5.95 Å². The topological polar surface area (TPSA) is 106 Å². The van der Waals surface area contributed by atoms with E-state index in [9.17, 15) is 9.70 Å². The third-order valence-electron chi connectivity index (χ3n) is 5.17. The number of anilines is 1. The van der Waals surface area contributed by atoms with Crippen LogP contribution in [0.3, 0.4) is 0 Å². The Bertz CT molecular complexity index is 1030. The van der Waals surface area contributed by atoms with Crippen molar-refractivity contribution in [2.75, 3.05) is 5.32 Å². The van der Waals surface area contributed by atoms with Gasteiger partial charge in [0.2, 0.25) is 5.95 Å². The van der Waals surface area contributed by atoms with E-state index < -0.39 is 11.9 Å². The zero-order chi connectivity index (χ0) is 20.9. The Morgan fingerprint density at radius 2 is 2.00 bits per heavy atom. The lowest BCUT2D eigenvalue weighted by Crippen LogP contribution is -2.21. The Morgan fingerprint density at radius 3 is 2.73 bits per heavy atom. The normalized spacial score (nSPS) is 15.0. The summed E-state index contributed by atoms with van der Waals surface area (Å²) in [5.41, 5.74) is 2.83. The summed E-state index contributed by atoms with van der Waals surface area (Å²) < 4.78 is 0. The van der Waals surface area contributed by atoms with Crippen LogP contribution in [0.5, 0.6) is 0 Å². The van der Waals surface area contributed by atoms with Crippen LogP contribution in [0, 0.1) is 11.8 Å². The van der Waals surface area contributed by atoms with Crippen molar-refractivity contribution in [2.45, 2.75) is 44.6 Å². The van der Waals surface area contributed by atoms with Crippen LogP contribution < -0.4 is 5.32 Å². The van der Waals surface area contributed by atoms with Crippen molar-refractivity contribution in [3.63, 3.8) is 0 Å². The van der Waals surface area contributed by atoms with Crippen LogP contribution in [-0.4, -0.2) is 27.0 Å². The largest absolute Gasteiger partial charge is 0.354 e. The van der Waals surface area contributed by atoms with E-state index in [0.717, 1.165) is 24.1 Å². The zero-order valence-corrected chi connectivity index (χ0v) is 17.3. The fourth-order valence-corrected chi connectivity index (χ4v) is 4.57. The molecule has 1 N–H and O–H groups in total. The maximum atomic E-state index is 12.7. The molecule has 2 heterocycles. The predicted molar refractivity (Wildman–Crippen MR) is 114 cm³/mol. The fourth-order valence-electron chi connectivity index (χ4n) is 3.65. The summed E-state index contributed by atoms with van der Waals surface area (Å²) in [6.45, 7) is 1.81. The first-order chi connectivity index (χ1) is 14.7. The molecule has 0 bridgehead atoms. The van der Waals surface area contributed by atoms with Crippen molar-refractivity contribution in [2.24, 2.45) is 5.34 Å². The molecule has 4 rings (SSSR count). The quantitative estimate of drug-likeness (QED) is 0.436. The van der Waals surface area contributed by atoms with Crippen molar-refractivity contribution < 1.29 is 9.63 Å². The van der Waals surface area contributed by atoms with Crippen molar-refractivity contribution in [1.82, 2.24) is 15.0 Å². The highest BCUT2D eigenvalue weighted by molar-refractivity contribution is 7.10. The van der Waals surface area contributed by atoms with Gasteiger partial charge in [0, 0.05) is 23.2 Å². The molecule has 1 aliphatic rings. The number of nitrogens with zero attached hydrogens (tertiary/aromatic N) is 4. The molecule has 1 aliphatic carbocycles. The number of carbonyl (C=O) groups is 1. The molecule has 3 aromatic rings. The number of benzene rings is 1. The number of rotatable bonds is 7. The second kappa shape index (κ2) is 9.08. The lowest BCUT2D eigenvalue weighted by Gasteiger charge is -2.16. The lowest BCUT2D eigenvalue weighted by atomic mass is 10.0. The second-order valence-corrected chi connectivity index (χ2v) is 8.13. The summed E-state index contributed by atoms with van der Waals surface area (Å²) in [6, 6.07) is 9.98. The van der Waals surface area contributed by atoms with E-state index in [1.54, 1.807) is 6.20 Å². The maximum Gasteiger partial charge on any atom is 0.354 e. The Morgan fingerprint density at radius 1 is 1.23 bits per heavy atom. The molecule has 154 valence electrons. The third-order valence-corrected chi connectivity index (χ3v) is 6.08. The lowest BCUT2D eigenvalue weighted by molar-refractivity contribution is -0.144. The third kappa shape index (κ3) is 4.35. The van der Waals surface area contributed by atoms with Crippen LogP contribution in [0.2, 0.25) is 0 Å². The molecule has 1 fully saturated rings. The Hall–Kier alpha value is -3.20. The molecule has 9 heteroatoms. The number of hydrogen-bond acceptors (Lipinski definition) is 9. The summed E-state index contributed by atoms with van der Waals surface area (Å²) in [4.78, 5) is 41.4. The Balaban J connectivity index is 1.70. The minimum Gasteiger partial charge on any atom is -0.351 e. The van der Waals surface area contributed by atoms with Gasteiger partial charge in [-0.2, -0.15) is 0 Å². The van der Waals surface area contributed by atoms with Gasteiger partial charge < -0.3 is 5.32 Å². The number of nitrogens with one attached hydrogen (secondary N) is 1. The molecule has 0 saturated heterocycles. The van der Waals surface area contributed by atoms with Crippen LogP contribution >= 0.6 is 11.3 Å². The summed E-state index contributed by atoms with van der Waals surface area (Å²) >= 11 is 1.31. The van der Waals surface area contributed by atoms with E-state index in [2.05, 4.69) is 30.4 Å². The minimum absolute atomic E-state index is 0.326. The van der Waals surface area contributed by atoms with Crippen LogP contribution in [0.15, 0.2) is 47.2 Å². The number of aromatic nitrogens is 3. The highest BCUT2D eigenvalue weighted by atomic mass is 32.1. The van der Waals surface area contributed by atoms with Gasteiger partial charge in [-0.25, -0.2) is 19.7 Å². The van der Waals surface area contributed by atoms with Gasteiger partial charge in [0.25, 0.3) is 0 Å². The first-order valence-corrected chi connectivity index (χ1v) is 10.7. The van der Waals surface area contributed by atoms with Gasteiger partial charge >= 0.3 is 5.97 Å². The van der Waals surface area contributed by atoms with Gasteiger partial charge in [0.15, 0.2) is 11.3 Å².